The van der Waals surface area contributed by atoms with Gasteiger partial charge in [0.1, 0.15) is 6.61 Å². The molecule has 88 valence electrons. The van der Waals surface area contributed by atoms with Gasteiger partial charge < -0.3 is 10.1 Å². The Hall–Kier alpha value is -0.900. The lowest BCUT2D eigenvalue weighted by Crippen LogP contribution is -2.25. The van der Waals surface area contributed by atoms with E-state index in [0.717, 1.165) is 12.8 Å². The molecule has 0 aromatic heterocycles. The van der Waals surface area contributed by atoms with Crippen LogP contribution in [0.4, 0.5) is 0 Å². The van der Waals surface area contributed by atoms with Gasteiger partial charge in [0.15, 0.2) is 5.78 Å². The van der Waals surface area contributed by atoms with Gasteiger partial charge >= 0.3 is 0 Å². The number of hydrogen-bond donors (Lipinski definition) is 1. The van der Waals surface area contributed by atoms with Crippen molar-refractivity contribution in [2.24, 2.45) is 0 Å². The average molecular weight is 215 g/mol. The molecule has 0 aliphatic heterocycles. The third kappa shape index (κ3) is 9.41. The molecule has 0 bridgehead atoms. The smallest absolute Gasteiger partial charge is 0.220 e. The lowest BCUT2D eigenvalue weighted by atomic mass is 10.2. The van der Waals surface area contributed by atoms with Crippen molar-refractivity contribution >= 4 is 11.7 Å². The van der Waals surface area contributed by atoms with Crippen molar-refractivity contribution in [3.05, 3.63) is 0 Å². The van der Waals surface area contributed by atoms with Crippen LogP contribution in [0.2, 0.25) is 0 Å². The van der Waals surface area contributed by atoms with Crippen LogP contribution in [0.25, 0.3) is 0 Å². The van der Waals surface area contributed by atoms with Crippen molar-refractivity contribution in [2.45, 2.75) is 39.5 Å². The Morgan fingerprint density at radius 3 is 2.53 bits per heavy atom. The van der Waals surface area contributed by atoms with Crippen LogP contribution in [0.1, 0.15) is 39.5 Å². The minimum atomic E-state index is -0.0479. The van der Waals surface area contributed by atoms with E-state index >= 15 is 0 Å². The van der Waals surface area contributed by atoms with Crippen molar-refractivity contribution in [2.75, 3.05) is 19.8 Å². The summed E-state index contributed by atoms with van der Waals surface area (Å²) in [5.41, 5.74) is 0. The summed E-state index contributed by atoms with van der Waals surface area (Å²) in [5.74, 6) is -0.0595. The fraction of sp³-hybridized carbons (Fsp3) is 0.818. The number of ketones is 1. The van der Waals surface area contributed by atoms with E-state index < -0.39 is 0 Å². The Bertz CT molecular complexity index is 192. The number of carbonyl (C=O) groups is 2. The first kappa shape index (κ1) is 14.1. The molecule has 4 nitrogen and oxygen atoms in total. The van der Waals surface area contributed by atoms with Gasteiger partial charge in [-0.15, -0.1) is 0 Å². The molecule has 1 N–H and O–H groups in total. The summed E-state index contributed by atoms with van der Waals surface area (Å²) in [6, 6.07) is 0. The van der Waals surface area contributed by atoms with Crippen molar-refractivity contribution in [3.8, 4) is 0 Å². The molecule has 0 aliphatic carbocycles. The average Bonchev–Trinajstić information content (AvgIpc) is 2.24. The molecule has 0 aromatic rings. The summed E-state index contributed by atoms with van der Waals surface area (Å²) in [4.78, 5) is 22.3. The van der Waals surface area contributed by atoms with Gasteiger partial charge in [-0.25, -0.2) is 0 Å². The largest absolute Gasteiger partial charge is 0.374 e. The Labute approximate surface area is 91.4 Å². The summed E-state index contributed by atoms with van der Waals surface area (Å²) in [6.45, 7) is 5.27. The molecule has 0 atom stereocenters. The van der Waals surface area contributed by atoms with Gasteiger partial charge in [0.2, 0.25) is 5.91 Å². The zero-order valence-corrected chi connectivity index (χ0v) is 9.67. The molecule has 0 fully saturated rings. The SMILES string of the molecule is CCCCNC(=O)CCC(=O)COCC. The second-order valence-corrected chi connectivity index (χ2v) is 3.38. The quantitative estimate of drug-likeness (QED) is 0.590. The van der Waals surface area contributed by atoms with Crippen LogP contribution in [0.3, 0.4) is 0 Å². The zero-order valence-electron chi connectivity index (χ0n) is 9.67. The van der Waals surface area contributed by atoms with Crippen LogP contribution in [0.5, 0.6) is 0 Å². The van der Waals surface area contributed by atoms with Gasteiger partial charge in [0.05, 0.1) is 0 Å². The number of rotatable bonds is 9. The van der Waals surface area contributed by atoms with Crippen molar-refractivity contribution < 1.29 is 14.3 Å². The highest BCUT2D eigenvalue weighted by molar-refractivity contribution is 5.85. The number of hydrogen-bond acceptors (Lipinski definition) is 3. The summed E-state index contributed by atoms with van der Waals surface area (Å²) < 4.78 is 4.94. The third-order valence-corrected chi connectivity index (χ3v) is 1.95. The van der Waals surface area contributed by atoms with E-state index in [-0.39, 0.29) is 31.1 Å². The summed E-state index contributed by atoms with van der Waals surface area (Å²) in [7, 11) is 0. The first-order chi connectivity index (χ1) is 7.20. The van der Waals surface area contributed by atoms with Gasteiger partial charge in [0.25, 0.3) is 0 Å². The Morgan fingerprint density at radius 2 is 1.93 bits per heavy atom. The summed E-state index contributed by atoms with van der Waals surface area (Å²) >= 11 is 0. The molecule has 0 spiro atoms. The summed E-state index contributed by atoms with van der Waals surface area (Å²) in [6.07, 6.45) is 2.59. The van der Waals surface area contributed by atoms with Gasteiger partial charge in [-0.1, -0.05) is 13.3 Å². The van der Waals surface area contributed by atoms with E-state index in [4.69, 9.17) is 4.74 Å². The number of ether oxygens (including phenoxy) is 1. The zero-order chi connectivity index (χ0) is 11.5. The van der Waals surface area contributed by atoms with E-state index in [1.807, 2.05) is 6.92 Å². The molecule has 0 heterocycles. The van der Waals surface area contributed by atoms with E-state index in [0.29, 0.717) is 13.2 Å². The highest BCUT2D eigenvalue weighted by Crippen LogP contribution is 1.93. The normalized spacial score (nSPS) is 10.0. The van der Waals surface area contributed by atoms with Crippen LogP contribution in [0, 0.1) is 0 Å². The van der Waals surface area contributed by atoms with Crippen LogP contribution in [-0.2, 0) is 14.3 Å². The molecule has 4 heteroatoms. The molecule has 0 saturated carbocycles. The highest BCUT2D eigenvalue weighted by Gasteiger charge is 2.06. The monoisotopic (exact) mass is 215 g/mol. The van der Waals surface area contributed by atoms with Crippen LogP contribution in [-0.4, -0.2) is 31.4 Å². The molecular formula is C11H21NO3. The highest BCUT2D eigenvalue weighted by atomic mass is 16.5. The molecule has 0 aromatic carbocycles. The number of amides is 1. The van der Waals surface area contributed by atoms with Gasteiger partial charge in [-0.05, 0) is 13.3 Å². The molecule has 0 radical (unpaired) electrons. The maximum Gasteiger partial charge on any atom is 0.220 e. The third-order valence-electron chi connectivity index (χ3n) is 1.95. The number of nitrogens with one attached hydrogen (secondary N) is 1. The fourth-order valence-electron chi connectivity index (χ4n) is 1.03. The van der Waals surface area contributed by atoms with E-state index in [9.17, 15) is 9.59 Å². The van der Waals surface area contributed by atoms with Crippen molar-refractivity contribution in [1.29, 1.82) is 0 Å². The maximum absolute atomic E-state index is 11.2. The van der Waals surface area contributed by atoms with E-state index in [1.54, 1.807) is 0 Å². The summed E-state index contributed by atoms with van der Waals surface area (Å²) in [5, 5.41) is 2.76. The van der Waals surface area contributed by atoms with E-state index in [2.05, 4.69) is 12.2 Å². The van der Waals surface area contributed by atoms with Gasteiger partial charge in [0, 0.05) is 26.0 Å². The van der Waals surface area contributed by atoms with Crippen molar-refractivity contribution in [1.82, 2.24) is 5.32 Å². The minimum Gasteiger partial charge on any atom is -0.374 e. The Balaban J connectivity index is 3.40. The Morgan fingerprint density at radius 1 is 1.20 bits per heavy atom. The molecule has 0 aliphatic rings. The topological polar surface area (TPSA) is 55.4 Å². The van der Waals surface area contributed by atoms with Crippen LogP contribution >= 0.6 is 0 Å². The molecule has 1 amide bonds. The minimum absolute atomic E-state index is 0.0116. The van der Waals surface area contributed by atoms with Crippen molar-refractivity contribution in [3.63, 3.8) is 0 Å². The standard InChI is InChI=1S/C11H21NO3/c1-3-5-8-12-11(14)7-6-10(13)9-15-4-2/h3-9H2,1-2H3,(H,12,14). The Kier molecular flexibility index (Phi) is 9.07. The van der Waals surface area contributed by atoms with Gasteiger partial charge in [-0.3, -0.25) is 9.59 Å². The fourth-order valence-corrected chi connectivity index (χ4v) is 1.03. The van der Waals surface area contributed by atoms with Gasteiger partial charge in [-0.2, -0.15) is 0 Å². The molecule has 0 saturated heterocycles. The second-order valence-electron chi connectivity index (χ2n) is 3.38. The lowest BCUT2D eigenvalue weighted by molar-refractivity contribution is -0.127. The number of Topliss-reactive ketones (excluding diaryl/α,β-unsaturated/α-hetero) is 1. The molecular weight excluding hydrogens is 194 g/mol. The predicted molar refractivity (Wildman–Crippen MR) is 58.7 cm³/mol. The first-order valence-corrected chi connectivity index (χ1v) is 5.56. The second kappa shape index (κ2) is 9.65. The lowest BCUT2D eigenvalue weighted by Gasteiger charge is -2.03. The van der Waals surface area contributed by atoms with Crippen LogP contribution in [0.15, 0.2) is 0 Å². The van der Waals surface area contributed by atoms with Crippen LogP contribution < -0.4 is 5.32 Å². The predicted octanol–water partition coefficient (Wildman–Crippen LogP) is 1.29. The number of carbonyl (C=O) groups excluding carboxylic acids is 2. The molecule has 15 heavy (non-hydrogen) atoms. The number of unbranched alkanes of at least 4 members (excludes halogenated alkanes) is 1. The first-order valence-electron chi connectivity index (χ1n) is 5.56. The maximum atomic E-state index is 11.2. The molecule has 0 unspecified atom stereocenters. The van der Waals surface area contributed by atoms with E-state index in [1.165, 1.54) is 0 Å². The molecule has 0 rings (SSSR count).